The fourth-order valence-electron chi connectivity index (χ4n) is 2.38. The molecular weight excluding hydrogens is 172 g/mol. The van der Waals surface area contributed by atoms with Gasteiger partial charge in [-0.05, 0) is 30.7 Å². The van der Waals surface area contributed by atoms with Gasteiger partial charge in [0.25, 0.3) is 0 Å². The van der Waals surface area contributed by atoms with Crippen LogP contribution >= 0.6 is 0 Å². The third kappa shape index (κ3) is 2.03. The van der Waals surface area contributed by atoms with Crippen molar-refractivity contribution in [3.63, 3.8) is 0 Å². The Morgan fingerprint density at radius 1 is 1.14 bits per heavy atom. The van der Waals surface area contributed by atoms with Crippen LogP contribution in [0.15, 0.2) is 30.3 Å². The quantitative estimate of drug-likeness (QED) is 0.651. The average molecular weight is 188 g/mol. The molecule has 0 spiro atoms. The van der Waals surface area contributed by atoms with Crippen LogP contribution < -0.4 is 0 Å². The van der Waals surface area contributed by atoms with E-state index in [2.05, 4.69) is 24.3 Å². The Morgan fingerprint density at radius 3 is 2.64 bits per heavy atom. The molecule has 2 atom stereocenters. The van der Waals surface area contributed by atoms with Crippen molar-refractivity contribution in [2.45, 2.75) is 31.6 Å². The molecular formula is C13H16O. The Kier molecular flexibility index (Phi) is 2.97. The van der Waals surface area contributed by atoms with Crippen LogP contribution in [0.3, 0.4) is 0 Å². The van der Waals surface area contributed by atoms with Gasteiger partial charge in [0.2, 0.25) is 0 Å². The second-order valence-electron chi connectivity index (χ2n) is 4.17. The Labute approximate surface area is 85.1 Å². The predicted molar refractivity (Wildman–Crippen MR) is 57.2 cm³/mol. The smallest absolute Gasteiger partial charge is 0.123 e. The standard InChI is InChI=1S/C13H16O/c14-10-11-5-4-8-13(9-11)12-6-2-1-3-7-12/h1-3,6-7,10-11,13H,4-5,8-9H2. The molecule has 1 heteroatoms. The van der Waals surface area contributed by atoms with Crippen molar-refractivity contribution in [3.05, 3.63) is 35.9 Å². The Balaban J connectivity index is 2.08. The summed E-state index contributed by atoms with van der Waals surface area (Å²) in [5, 5.41) is 0. The van der Waals surface area contributed by atoms with Crippen LogP contribution in [-0.4, -0.2) is 6.29 Å². The van der Waals surface area contributed by atoms with E-state index in [1.807, 2.05) is 6.07 Å². The predicted octanol–water partition coefficient (Wildman–Crippen LogP) is 3.16. The molecule has 0 heterocycles. The van der Waals surface area contributed by atoms with Crippen LogP contribution in [0.1, 0.15) is 37.2 Å². The van der Waals surface area contributed by atoms with Crippen LogP contribution in [0, 0.1) is 5.92 Å². The highest BCUT2D eigenvalue weighted by molar-refractivity contribution is 5.54. The van der Waals surface area contributed by atoms with Crippen molar-refractivity contribution in [3.8, 4) is 0 Å². The molecule has 1 aromatic carbocycles. The maximum Gasteiger partial charge on any atom is 0.123 e. The molecule has 1 aliphatic carbocycles. The number of hydrogen-bond donors (Lipinski definition) is 0. The van der Waals surface area contributed by atoms with Crippen molar-refractivity contribution in [1.29, 1.82) is 0 Å². The van der Waals surface area contributed by atoms with Gasteiger partial charge in [-0.1, -0.05) is 36.8 Å². The third-order valence-electron chi connectivity index (χ3n) is 3.18. The van der Waals surface area contributed by atoms with Crippen LogP contribution in [0.4, 0.5) is 0 Å². The molecule has 1 nitrogen and oxygen atoms in total. The number of carbonyl (C=O) groups excluding carboxylic acids is 1. The highest BCUT2D eigenvalue weighted by atomic mass is 16.1. The van der Waals surface area contributed by atoms with E-state index < -0.39 is 0 Å². The highest BCUT2D eigenvalue weighted by Gasteiger charge is 2.22. The van der Waals surface area contributed by atoms with E-state index >= 15 is 0 Å². The van der Waals surface area contributed by atoms with Crippen molar-refractivity contribution in [1.82, 2.24) is 0 Å². The average Bonchev–Trinajstić information content (AvgIpc) is 2.30. The summed E-state index contributed by atoms with van der Waals surface area (Å²) in [5.74, 6) is 0.911. The monoisotopic (exact) mass is 188 g/mol. The molecule has 0 bridgehead atoms. The topological polar surface area (TPSA) is 17.1 Å². The molecule has 0 aliphatic heterocycles. The lowest BCUT2D eigenvalue weighted by Gasteiger charge is -2.26. The summed E-state index contributed by atoms with van der Waals surface area (Å²) in [6, 6.07) is 10.6. The zero-order valence-corrected chi connectivity index (χ0v) is 8.36. The number of rotatable bonds is 2. The van der Waals surface area contributed by atoms with Gasteiger partial charge >= 0.3 is 0 Å². The number of benzene rings is 1. The Hall–Kier alpha value is -1.11. The first-order valence-electron chi connectivity index (χ1n) is 5.40. The Morgan fingerprint density at radius 2 is 1.93 bits per heavy atom. The molecule has 1 aliphatic rings. The fraction of sp³-hybridized carbons (Fsp3) is 0.462. The van der Waals surface area contributed by atoms with Crippen LogP contribution in [0.5, 0.6) is 0 Å². The van der Waals surface area contributed by atoms with Crippen LogP contribution in [-0.2, 0) is 4.79 Å². The Bertz CT molecular complexity index is 291. The van der Waals surface area contributed by atoms with E-state index in [0.29, 0.717) is 11.8 Å². The first-order valence-corrected chi connectivity index (χ1v) is 5.40. The van der Waals surface area contributed by atoms with Gasteiger partial charge in [0, 0.05) is 5.92 Å². The van der Waals surface area contributed by atoms with Gasteiger partial charge < -0.3 is 4.79 Å². The zero-order chi connectivity index (χ0) is 9.80. The van der Waals surface area contributed by atoms with Gasteiger partial charge in [0.1, 0.15) is 6.29 Å². The van der Waals surface area contributed by atoms with E-state index in [9.17, 15) is 4.79 Å². The lowest BCUT2D eigenvalue weighted by Crippen LogP contribution is -2.14. The molecule has 1 aromatic rings. The molecule has 0 radical (unpaired) electrons. The third-order valence-corrected chi connectivity index (χ3v) is 3.18. The van der Waals surface area contributed by atoms with Gasteiger partial charge in [-0.3, -0.25) is 0 Å². The summed E-state index contributed by atoms with van der Waals surface area (Å²) in [6.07, 6.45) is 5.72. The van der Waals surface area contributed by atoms with Gasteiger partial charge in [0.05, 0.1) is 0 Å². The largest absolute Gasteiger partial charge is 0.303 e. The maximum absolute atomic E-state index is 10.7. The molecule has 0 N–H and O–H groups in total. The summed E-state index contributed by atoms with van der Waals surface area (Å²) < 4.78 is 0. The van der Waals surface area contributed by atoms with Crippen molar-refractivity contribution < 1.29 is 4.79 Å². The summed E-state index contributed by atoms with van der Waals surface area (Å²) >= 11 is 0. The normalized spacial score (nSPS) is 27.1. The first-order chi connectivity index (χ1) is 6.90. The number of aldehydes is 1. The lowest BCUT2D eigenvalue weighted by molar-refractivity contribution is -0.112. The molecule has 0 aromatic heterocycles. The van der Waals surface area contributed by atoms with E-state index in [1.165, 1.54) is 18.4 Å². The summed E-state index contributed by atoms with van der Waals surface area (Å²) in [5.41, 5.74) is 1.40. The van der Waals surface area contributed by atoms with Crippen molar-refractivity contribution in [2.24, 2.45) is 5.92 Å². The molecule has 2 rings (SSSR count). The van der Waals surface area contributed by atoms with Crippen molar-refractivity contribution >= 4 is 6.29 Å². The molecule has 74 valence electrons. The maximum atomic E-state index is 10.7. The SMILES string of the molecule is O=CC1CCCC(c2ccccc2)C1. The highest BCUT2D eigenvalue weighted by Crippen LogP contribution is 2.34. The minimum atomic E-state index is 0.300. The minimum Gasteiger partial charge on any atom is -0.303 e. The van der Waals surface area contributed by atoms with Gasteiger partial charge in [0.15, 0.2) is 0 Å². The molecule has 0 saturated heterocycles. The molecule has 1 saturated carbocycles. The molecule has 14 heavy (non-hydrogen) atoms. The second-order valence-corrected chi connectivity index (χ2v) is 4.17. The van der Waals surface area contributed by atoms with Crippen molar-refractivity contribution in [2.75, 3.05) is 0 Å². The molecule has 0 amide bonds. The van der Waals surface area contributed by atoms with E-state index in [4.69, 9.17) is 0 Å². The molecule has 1 fully saturated rings. The molecule has 2 unspecified atom stereocenters. The van der Waals surface area contributed by atoms with E-state index in [1.54, 1.807) is 0 Å². The minimum absolute atomic E-state index is 0.300. The zero-order valence-electron chi connectivity index (χ0n) is 8.36. The first kappa shape index (κ1) is 9.45. The van der Waals surface area contributed by atoms with E-state index in [0.717, 1.165) is 19.1 Å². The number of hydrogen-bond acceptors (Lipinski definition) is 1. The number of carbonyl (C=O) groups is 1. The summed E-state index contributed by atoms with van der Waals surface area (Å²) in [6.45, 7) is 0. The van der Waals surface area contributed by atoms with E-state index in [-0.39, 0.29) is 0 Å². The van der Waals surface area contributed by atoms with Gasteiger partial charge in [-0.25, -0.2) is 0 Å². The van der Waals surface area contributed by atoms with Crippen LogP contribution in [0.2, 0.25) is 0 Å². The second kappa shape index (κ2) is 4.41. The van der Waals surface area contributed by atoms with Gasteiger partial charge in [-0.15, -0.1) is 0 Å². The van der Waals surface area contributed by atoms with Gasteiger partial charge in [-0.2, -0.15) is 0 Å². The van der Waals surface area contributed by atoms with Crippen LogP contribution in [0.25, 0.3) is 0 Å². The summed E-state index contributed by atoms with van der Waals surface area (Å²) in [7, 11) is 0. The fourth-order valence-corrected chi connectivity index (χ4v) is 2.38. The lowest BCUT2D eigenvalue weighted by atomic mass is 9.79. The summed E-state index contributed by atoms with van der Waals surface area (Å²) in [4.78, 5) is 10.7.